The Hall–Kier alpha value is -2.81. The lowest BCUT2D eigenvalue weighted by molar-refractivity contribution is -0.116. The SMILES string of the molecule is COC(=O)c1c(NC(=O)C(C)Sc2cccc(NC(=O)Cc3ccc(Cl)cc3)c2)sc2c1CCCCCC2. The molecule has 0 spiro atoms. The van der Waals surface area contributed by atoms with Crippen molar-refractivity contribution in [3.63, 3.8) is 0 Å². The first-order valence-corrected chi connectivity index (χ1v) is 14.8. The topological polar surface area (TPSA) is 84.5 Å². The lowest BCUT2D eigenvalue weighted by atomic mass is 9.96. The van der Waals surface area contributed by atoms with E-state index in [0.717, 1.165) is 48.1 Å². The van der Waals surface area contributed by atoms with Crippen LogP contribution in [0.15, 0.2) is 53.4 Å². The van der Waals surface area contributed by atoms with Crippen LogP contribution in [-0.2, 0) is 33.6 Å². The number of rotatable bonds is 8. The fraction of sp³-hybridized carbons (Fsp3) is 0.345. The molecule has 4 rings (SSSR count). The fourth-order valence-corrected chi connectivity index (χ4v) is 6.77. The summed E-state index contributed by atoms with van der Waals surface area (Å²) in [5, 5.41) is 6.69. The number of fused-ring (bicyclic) bond motifs is 1. The third kappa shape index (κ3) is 7.40. The van der Waals surface area contributed by atoms with E-state index in [1.165, 1.54) is 41.5 Å². The first-order valence-electron chi connectivity index (χ1n) is 12.7. The number of thiophene rings is 1. The lowest BCUT2D eigenvalue weighted by Crippen LogP contribution is -2.23. The molecule has 2 N–H and O–H groups in total. The van der Waals surface area contributed by atoms with Crippen molar-refractivity contribution in [3.8, 4) is 0 Å². The zero-order chi connectivity index (χ0) is 27.1. The predicted octanol–water partition coefficient (Wildman–Crippen LogP) is 7.15. The number of benzene rings is 2. The summed E-state index contributed by atoms with van der Waals surface area (Å²) < 4.78 is 5.07. The van der Waals surface area contributed by atoms with Gasteiger partial charge >= 0.3 is 5.97 Å². The van der Waals surface area contributed by atoms with Crippen LogP contribution in [-0.4, -0.2) is 30.1 Å². The number of hydrogen-bond donors (Lipinski definition) is 2. The highest BCUT2D eigenvalue weighted by Crippen LogP contribution is 2.38. The second-order valence-electron chi connectivity index (χ2n) is 9.24. The van der Waals surface area contributed by atoms with Crippen molar-refractivity contribution in [2.75, 3.05) is 17.7 Å². The number of anilines is 2. The highest BCUT2D eigenvalue weighted by Gasteiger charge is 2.27. The molecule has 2 amide bonds. The average molecular weight is 571 g/mol. The van der Waals surface area contributed by atoms with Gasteiger partial charge < -0.3 is 15.4 Å². The highest BCUT2D eigenvalue weighted by atomic mass is 35.5. The molecular formula is C29H31ClN2O4S2. The predicted molar refractivity (Wildman–Crippen MR) is 156 cm³/mol. The van der Waals surface area contributed by atoms with Gasteiger partial charge in [0.15, 0.2) is 0 Å². The van der Waals surface area contributed by atoms with Gasteiger partial charge in [-0.15, -0.1) is 23.1 Å². The van der Waals surface area contributed by atoms with Crippen LogP contribution in [0.5, 0.6) is 0 Å². The molecule has 1 aliphatic carbocycles. The molecule has 0 saturated heterocycles. The molecule has 0 radical (unpaired) electrons. The molecule has 1 aliphatic rings. The Labute approximate surface area is 236 Å². The molecule has 38 heavy (non-hydrogen) atoms. The highest BCUT2D eigenvalue weighted by molar-refractivity contribution is 8.00. The molecule has 1 heterocycles. The summed E-state index contributed by atoms with van der Waals surface area (Å²) in [5.41, 5.74) is 3.06. The molecule has 1 aromatic heterocycles. The molecule has 0 saturated carbocycles. The number of carbonyl (C=O) groups is 3. The number of nitrogens with one attached hydrogen (secondary N) is 2. The summed E-state index contributed by atoms with van der Waals surface area (Å²) in [4.78, 5) is 40.3. The Kier molecular flexibility index (Phi) is 9.88. The van der Waals surface area contributed by atoms with Crippen molar-refractivity contribution in [2.45, 2.75) is 62.0 Å². The molecule has 3 aromatic rings. The Bertz CT molecular complexity index is 1310. The van der Waals surface area contributed by atoms with E-state index < -0.39 is 11.2 Å². The van der Waals surface area contributed by atoms with Crippen LogP contribution >= 0.6 is 34.7 Å². The third-order valence-corrected chi connectivity index (χ3v) is 8.93. The first-order chi connectivity index (χ1) is 18.3. The number of amides is 2. The summed E-state index contributed by atoms with van der Waals surface area (Å²) >= 11 is 8.80. The van der Waals surface area contributed by atoms with Crippen molar-refractivity contribution in [1.29, 1.82) is 0 Å². The maximum absolute atomic E-state index is 13.2. The number of thioether (sulfide) groups is 1. The zero-order valence-corrected chi connectivity index (χ0v) is 23.9. The summed E-state index contributed by atoms with van der Waals surface area (Å²) in [6.45, 7) is 1.83. The molecule has 200 valence electrons. The second kappa shape index (κ2) is 13.3. The average Bonchev–Trinajstić information content (AvgIpc) is 3.20. The van der Waals surface area contributed by atoms with Crippen molar-refractivity contribution < 1.29 is 19.1 Å². The zero-order valence-electron chi connectivity index (χ0n) is 21.5. The summed E-state index contributed by atoms with van der Waals surface area (Å²) in [7, 11) is 1.38. The van der Waals surface area contributed by atoms with Crippen LogP contribution in [0.2, 0.25) is 5.02 Å². The van der Waals surface area contributed by atoms with Gasteiger partial charge in [-0.25, -0.2) is 4.79 Å². The van der Waals surface area contributed by atoms with Crippen LogP contribution in [0.4, 0.5) is 10.7 Å². The Morgan fingerprint density at radius 2 is 1.76 bits per heavy atom. The van der Waals surface area contributed by atoms with Gasteiger partial charge in [0.25, 0.3) is 0 Å². The van der Waals surface area contributed by atoms with Gasteiger partial charge in [-0.2, -0.15) is 0 Å². The van der Waals surface area contributed by atoms with E-state index in [1.54, 1.807) is 12.1 Å². The molecule has 0 fully saturated rings. The van der Waals surface area contributed by atoms with E-state index in [4.69, 9.17) is 16.3 Å². The van der Waals surface area contributed by atoms with Crippen molar-refractivity contribution in [1.82, 2.24) is 0 Å². The normalized spacial score (nSPS) is 14.0. The van der Waals surface area contributed by atoms with Gasteiger partial charge in [0.2, 0.25) is 11.8 Å². The van der Waals surface area contributed by atoms with Crippen LogP contribution in [0.1, 0.15) is 59.0 Å². The van der Waals surface area contributed by atoms with Gasteiger partial charge in [-0.3, -0.25) is 9.59 Å². The van der Waals surface area contributed by atoms with Crippen molar-refractivity contribution in [3.05, 3.63) is 75.1 Å². The maximum Gasteiger partial charge on any atom is 0.341 e. The molecule has 9 heteroatoms. The van der Waals surface area contributed by atoms with Crippen molar-refractivity contribution >= 4 is 63.2 Å². The van der Waals surface area contributed by atoms with E-state index in [-0.39, 0.29) is 18.2 Å². The number of carbonyl (C=O) groups excluding carboxylic acids is 3. The summed E-state index contributed by atoms with van der Waals surface area (Å²) in [6, 6.07) is 14.6. The van der Waals surface area contributed by atoms with E-state index >= 15 is 0 Å². The van der Waals surface area contributed by atoms with Gasteiger partial charge in [-0.05, 0) is 74.1 Å². The summed E-state index contributed by atoms with van der Waals surface area (Å²) in [6.07, 6.45) is 6.42. The van der Waals surface area contributed by atoms with E-state index in [0.29, 0.717) is 21.3 Å². The lowest BCUT2D eigenvalue weighted by Gasteiger charge is -2.14. The number of aryl methyl sites for hydroxylation is 1. The van der Waals surface area contributed by atoms with Crippen LogP contribution in [0.25, 0.3) is 0 Å². The molecule has 2 aromatic carbocycles. The maximum atomic E-state index is 13.2. The Morgan fingerprint density at radius 3 is 2.50 bits per heavy atom. The van der Waals surface area contributed by atoms with Crippen LogP contribution < -0.4 is 10.6 Å². The minimum Gasteiger partial charge on any atom is -0.465 e. The quantitative estimate of drug-likeness (QED) is 0.222. The first kappa shape index (κ1) is 28.2. The third-order valence-electron chi connectivity index (χ3n) is 6.38. The minimum absolute atomic E-state index is 0.135. The molecule has 1 unspecified atom stereocenters. The number of ether oxygens (including phenoxy) is 1. The Balaban J connectivity index is 1.41. The molecule has 0 bridgehead atoms. The van der Waals surface area contributed by atoms with Gasteiger partial charge in [0.05, 0.1) is 24.3 Å². The number of methoxy groups -OCH3 is 1. The van der Waals surface area contributed by atoms with Crippen LogP contribution in [0, 0.1) is 0 Å². The summed E-state index contributed by atoms with van der Waals surface area (Å²) in [5.74, 6) is -0.726. The minimum atomic E-state index is -0.426. The van der Waals surface area contributed by atoms with Gasteiger partial charge in [-0.1, -0.05) is 42.6 Å². The van der Waals surface area contributed by atoms with E-state index in [2.05, 4.69) is 10.6 Å². The van der Waals surface area contributed by atoms with E-state index in [9.17, 15) is 14.4 Å². The largest absolute Gasteiger partial charge is 0.465 e. The number of hydrogen-bond acceptors (Lipinski definition) is 6. The fourth-order valence-electron chi connectivity index (χ4n) is 4.44. The number of esters is 1. The van der Waals surface area contributed by atoms with Crippen LogP contribution in [0.3, 0.4) is 0 Å². The van der Waals surface area contributed by atoms with E-state index in [1.807, 2.05) is 43.3 Å². The molecule has 0 aliphatic heterocycles. The standard InChI is InChI=1S/C29H31ClN2O4S2/c1-18(27(34)32-28-26(29(35)36-2)23-10-5-3-4-6-11-24(23)38-28)37-22-9-7-8-21(17-22)31-25(33)16-19-12-14-20(30)15-13-19/h7-9,12-15,17-18H,3-6,10-11,16H2,1-2H3,(H,31,33)(H,32,34). The van der Waals surface area contributed by atoms with Crippen molar-refractivity contribution in [2.24, 2.45) is 0 Å². The molecule has 6 nitrogen and oxygen atoms in total. The molecular weight excluding hydrogens is 540 g/mol. The number of halogens is 1. The molecule has 1 atom stereocenters. The smallest absolute Gasteiger partial charge is 0.341 e. The Morgan fingerprint density at radius 1 is 1.03 bits per heavy atom. The monoisotopic (exact) mass is 570 g/mol. The van der Waals surface area contributed by atoms with Gasteiger partial charge in [0.1, 0.15) is 5.00 Å². The van der Waals surface area contributed by atoms with Gasteiger partial charge in [0, 0.05) is 20.5 Å². The second-order valence-corrected chi connectivity index (χ2v) is 12.2.